The molecule has 4 heteroatoms. The molecule has 0 amide bonds. The quantitative estimate of drug-likeness (QED) is 0.111. The number of aliphatic hydroxyl groups is 1. The first-order chi connectivity index (χ1) is 22.8. The van der Waals surface area contributed by atoms with Crippen LogP contribution in [0.5, 0.6) is 0 Å². The third-order valence-corrected chi connectivity index (χ3v) is 10.8. The average molecular weight is 636 g/mol. The van der Waals surface area contributed by atoms with Crippen LogP contribution in [-0.2, 0) is 19.4 Å². The summed E-state index contributed by atoms with van der Waals surface area (Å²) in [6, 6.07) is 21.4. The van der Waals surface area contributed by atoms with E-state index in [1.165, 1.54) is 66.3 Å². The number of aliphatic hydroxyl groups excluding tert-OH is 1. The van der Waals surface area contributed by atoms with Gasteiger partial charge in [0.1, 0.15) is 5.82 Å². The number of fused-ring (bicyclic) bond motifs is 1. The first kappa shape index (κ1) is 34.8. The Balaban J connectivity index is 0.00000213. The highest BCUT2D eigenvalue weighted by Gasteiger charge is 2.48. The van der Waals surface area contributed by atoms with Gasteiger partial charge >= 0.3 is 0 Å². The van der Waals surface area contributed by atoms with Crippen LogP contribution < -0.4 is 0 Å². The zero-order chi connectivity index (χ0) is 33.6. The number of rotatable bonds is 14. The van der Waals surface area contributed by atoms with Crippen molar-refractivity contribution >= 4 is 16.7 Å². The van der Waals surface area contributed by atoms with Crippen LogP contribution in [0.4, 0.5) is 4.39 Å². The van der Waals surface area contributed by atoms with Crippen molar-refractivity contribution in [1.29, 1.82) is 0 Å². The molecule has 0 spiro atoms. The molecular weight excluding hydrogens is 581 g/mol. The first-order valence-corrected chi connectivity index (χ1v) is 17.9. The van der Waals surface area contributed by atoms with Crippen molar-refractivity contribution < 1.29 is 14.3 Å². The summed E-state index contributed by atoms with van der Waals surface area (Å²) in [4.78, 5) is 13.1. The second-order valence-electron chi connectivity index (χ2n) is 14.4. The number of aromatic nitrogens is 1. The van der Waals surface area contributed by atoms with E-state index < -0.39 is 0 Å². The molecule has 0 saturated heterocycles. The average Bonchev–Trinajstić information content (AvgIpc) is 3.78. The molecule has 3 nitrogen and oxygen atoms in total. The Morgan fingerprint density at radius 1 is 1.00 bits per heavy atom. The van der Waals surface area contributed by atoms with Gasteiger partial charge in [0.15, 0.2) is 5.78 Å². The van der Waals surface area contributed by atoms with E-state index in [4.69, 9.17) is 5.11 Å². The number of halogens is 1. The van der Waals surface area contributed by atoms with E-state index in [9.17, 15) is 9.18 Å². The Morgan fingerprint density at radius 2 is 1.74 bits per heavy atom. The van der Waals surface area contributed by atoms with Crippen molar-refractivity contribution in [2.75, 3.05) is 7.11 Å². The molecule has 47 heavy (non-hydrogen) atoms. The third-order valence-electron chi connectivity index (χ3n) is 10.8. The largest absolute Gasteiger partial charge is 0.400 e. The Morgan fingerprint density at radius 3 is 2.43 bits per heavy atom. The van der Waals surface area contributed by atoms with Gasteiger partial charge in [0.25, 0.3) is 0 Å². The number of carbonyl (C=O) groups excluding carboxylic acids is 1. The van der Waals surface area contributed by atoms with Crippen molar-refractivity contribution in [1.82, 2.24) is 4.57 Å². The van der Waals surface area contributed by atoms with Crippen LogP contribution >= 0.6 is 0 Å². The Kier molecular flexibility index (Phi) is 11.6. The van der Waals surface area contributed by atoms with Crippen molar-refractivity contribution in [3.8, 4) is 0 Å². The second kappa shape index (κ2) is 15.6. The molecule has 3 atom stereocenters. The van der Waals surface area contributed by atoms with Crippen molar-refractivity contribution in [2.24, 2.45) is 17.3 Å². The Hall–Kier alpha value is -3.50. The van der Waals surface area contributed by atoms with Gasteiger partial charge < -0.3 is 9.67 Å². The van der Waals surface area contributed by atoms with Crippen LogP contribution in [0.1, 0.15) is 118 Å². The van der Waals surface area contributed by atoms with E-state index in [1.807, 2.05) is 6.07 Å². The molecule has 0 aliphatic heterocycles. The molecule has 1 N–H and O–H groups in total. The van der Waals surface area contributed by atoms with E-state index in [2.05, 4.69) is 80.9 Å². The monoisotopic (exact) mass is 635 g/mol. The van der Waals surface area contributed by atoms with Crippen LogP contribution in [0.2, 0.25) is 0 Å². The highest BCUT2D eigenvalue weighted by molar-refractivity contribution is 6.09. The molecule has 0 radical (unpaired) electrons. The lowest BCUT2D eigenvalue weighted by molar-refractivity contribution is 0.103. The van der Waals surface area contributed by atoms with E-state index in [1.54, 1.807) is 23.3 Å². The molecule has 0 bridgehead atoms. The minimum Gasteiger partial charge on any atom is -0.400 e. The number of carbonyl (C=O) groups is 1. The number of hydrogen-bond acceptors (Lipinski definition) is 2. The normalized spacial score (nSPS) is 17.9. The highest BCUT2D eigenvalue weighted by atomic mass is 19.1. The molecule has 2 fully saturated rings. The van der Waals surface area contributed by atoms with Crippen LogP contribution in [0.15, 0.2) is 84.6 Å². The number of nitrogens with zero attached hydrogens (tertiary/aromatic N) is 1. The maximum atomic E-state index is 13.4. The van der Waals surface area contributed by atoms with E-state index in [0.29, 0.717) is 23.0 Å². The molecular formula is C43H54FNO2. The van der Waals surface area contributed by atoms with E-state index in [0.717, 1.165) is 51.7 Å². The molecule has 250 valence electrons. The maximum Gasteiger partial charge on any atom is 0.193 e. The van der Waals surface area contributed by atoms with Gasteiger partial charge in [-0.15, -0.1) is 0 Å². The van der Waals surface area contributed by atoms with Crippen LogP contribution in [0.3, 0.4) is 0 Å². The van der Waals surface area contributed by atoms with Crippen LogP contribution in [0, 0.1) is 23.1 Å². The number of ketones is 1. The lowest BCUT2D eigenvalue weighted by atomic mass is 9.79. The van der Waals surface area contributed by atoms with Crippen LogP contribution in [0.25, 0.3) is 10.9 Å². The number of benzene rings is 3. The third kappa shape index (κ3) is 8.15. The second-order valence-corrected chi connectivity index (χ2v) is 14.4. The smallest absolute Gasteiger partial charge is 0.193 e. The van der Waals surface area contributed by atoms with E-state index in [-0.39, 0.29) is 17.0 Å². The summed E-state index contributed by atoms with van der Waals surface area (Å²) in [6.07, 6.45) is 16.7. The van der Waals surface area contributed by atoms with Gasteiger partial charge in [-0.25, -0.2) is 4.39 Å². The summed E-state index contributed by atoms with van der Waals surface area (Å²) in [5, 5.41) is 8.45. The molecule has 2 aliphatic rings. The van der Waals surface area contributed by atoms with Crippen LogP contribution in [-0.4, -0.2) is 22.6 Å². The van der Waals surface area contributed by atoms with Crippen molar-refractivity contribution in [3.05, 3.63) is 118 Å². The fraction of sp³-hybridized carbons (Fsp3) is 0.465. The number of hydrogen-bond donors (Lipinski definition) is 1. The lowest BCUT2D eigenvalue weighted by Gasteiger charge is -2.26. The zero-order valence-electron chi connectivity index (χ0n) is 29.2. The highest BCUT2D eigenvalue weighted by Crippen LogP contribution is 2.59. The van der Waals surface area contributed by atoms with Gasteiger partial charge in [0.2, 0.25) is 0 Å². The molecule has 1 aromatic heterocycles. The first-order valence-electron chi connectivity index (χ1n) is 17.9. The van der Waals surface area contributed by atoms with Crippen molar-refractivity contribution in [2.45, 2.75) is 104 Å². The Bertz CT molecular complexity index is 1670. The fourth-order valence-corrected chi connectivity index (χ4v) is 7.83. The Labute approximate surface area is 281 Å². The van der Waals surface area contributed by atoms with Gasteiger partial charge in [-0.05, 0) is 134 Å². The van der Waals surface area contributed by atoms with Crippen molar-refractivity contribution in [3.63, 3.8) is 0 Å². The standard InChI is InChI=1S/C42H50FNO.CH4O/c1-5-10-32-26-34(41(45)31-18-20-35(43)21-19-31)17-16-33(32)25-29(6-2)13-9-23-44-24-22-37-36(14-8-15-40(37)44)38-27-39(38)42(3,4)28-30-11-7-12-30;1-2/h8,14-22,24,26,28-29,38-39H,5-7,9-13,23,25,27H2,1-4H3;2H,1H3. The van der Waals surface area contributed by atoms with Gasteiger partial charge in [-0.3, -0.25) is 4.79 Å². The predicted octanol–water partition coefficient (Wildman–Crippen LogP) is 10.9. The number of aryl methyl sites for hydroxylation is 2. The maximum absolute atomic E-state index is 13.4. The van der Waals surface area contributed by atoms with Gasteiger partial charge in [-0.1, -0.05) is 76.5 Å². The predicted molar refractivity (Wildman–Crippen MR) is 194 cm³/mol. The summed E-state index contributed by atoms with van der Waals surface area (Å²) < 4.78 is 15.9. The fourth-order valence-electron chi connectivity index (χ4n) is 7.83. The minimum atomic E-state index is -0.322. The summed E-state index contributed by atoms with van der Waals surface area (Å²) in [5.41, 5.74) is 8.76. The minimum absolute atomic E-state index is 0.0417. The summed E-state index contributed by atoms with van der Waals surface area (Å²) in [6.45, 7) is 10.4. The zero-order valence-corrected chi connectivity index (χ0v) is 29.2. The molecule has 3 unspecified atom stereocenters. The SMILES string of the molecule is CCCc1cc(C(=O)c2ccc(F)cc2)ccc1CC(CC)CCCn1ccc2c(C3CC3C(C)(C)C=C3CCC3)cccc21.CO. The molecule has 6 rings (SSSR count). The summed E-state index contributed by atoms with van der Waals surface area (Å²) in [5.74, 6) is 1.67. The molecule has 4 aromatic rings. The molecule has 2 saturated carbocycles. The summed E-state index contributed by atoms with van der Waals surface area (Å²) in [7, 11) is 1.00. The van der Waals surface area contributed by atoms with Gasteiger partial charge in [0, 0.05) is 41.9 Å². The van der Waals surface area contributed by atoms with Gasteiger partial charge in [0.05, 0.1) is 0 Å². The molecule has 1 heterocycles. The van der Waals surface area contributed by atoms with Gasteiger partial charge in [-0.2, -0.15) is 0 Å². The molecule has 2 aliphatic carbocycles. The molecule has 3 aromatic carbocycles. The summed E-state index contributed by atoms with van der Waals surface area (Å²) >= 11 is 0. The van der Waals surface area contributed by atoms with E-state index >= 15 is 0 Å². The lowest BCUT2D eigenvalue weighted by Crippen LogP contribution is -2.14. The topological polar surface area (TPSA) is 42.2 Å². The number of allylic oxidation sites excluding steroid dienone is 2.